The predicted octanol–water partition coefficient (Wildman–Crippen LogP) is 5.94. The van der Waals surface area contributed by atoms with E-state index in [0.717, 1.165) is 37.9 Å². The maximum atomic E-state index is 13.7. The first-order chi connectivity index (χ1) is 18.5. The van der Waals surface area contributed by atoms with Crippen molar-refractivity contribution in [1.82, 2.24) is 4.98 Å². The van der Waals surface area contributed by atoms with Crippen LogP contribution in [0.2, 0.25) is 0 Å². The minimum atomic E-state index is -4.80. The number of aromatic nitrogens is 1. The van der Waals surface area contributed by atoms with E-state index in [4.69, 9.17) is 19.5 Å². The Morgan fingerprint density at radius 3 is 2.46 bits per heavy atom. The lowest BCUT2D eigenvalue weighted by molar-refractivity contribution is -0.139. The molecule has 1 heterocycles. The van der Waals surface area contributed by atoms with E-state index >= 15 is 0 Å². The van der Waals surface area contributed by atoms with E-state index in [0.29, 0.717) is 5.92 Å². The molecule has 1 aromatic carbocycles. The molecule has 0 saturated heterocycles. The minimum absolute atomic E-state index is 0.0508. The number of carbonyl (C=O) groups excluding carboxylic acids is 2. The van der Waals surface area contributed by atoms with Crippen LogP contribution >= 0.6 is 0 Å². The molecule has 210 valence electrons. The summed E-state index contributed by atoms with van der Waals surface area (Å²) < 4.78 is 56.9. The van der Waals surface area contributed by atoms with E-state index in [2.05, 4.69) is 11.9 Å². The summed E-state index contributed by atoms with van der Waals surface area (Å²) in [5.41, 5.74) is -0.877. The number of hydrogen-bond acceptors (Lipinski definition) is 7. The van der Waals surface area contributed by atoms with Gasteiger partial charge in [-0.05, 0) is 68.4 Å². The van der Waals surface area contributed by atoms with Crippen molar-refractivity contribution in [1.29, 1.82) is 5.26 Å². The monoisotopic (exact) mass is 547 g/mol. The van der Waals surface area contributed by atoms with Gasteiger partial charge >= 0.3 is 12.1 Å². The highest BCUT2D eigenvalue weighted by Gasteiger charge is 2.37. The number of pyridine rings is 1. The summed E-state index contributed by atoms with van der Waals surface area (Å²) >= 11 is 0. The van der Waals surface area contributed by atoms with Gasteiger partial charge in [0.05, 0.1) is 43.5 Å². The van der Waals surface area contributed by atoms with Gasteiger partial charge in [-0.1, -0.05) is 6.92 Å². The van der Waals surface area contributed by atoms with Crippen LogP contribution in [0.4, 0.5) is 18.9 Å². The molecule has 0 spiro atoms. The van der Waals surface area contributed by atoms with E-state index in [1.807, 2.05) is 0 Å². The summed E-state index contributed by atoms with van der Waals surface area (Å²) in [5, 5.41) is 8.83. The molecule has 2 aromatic rings. The average Bonchev–Trinajstić information content (AvgIpc) is 2.90. The molecular weight excluding hydrogens is 515 g/mol. The van der Waals surface area contributed by atoms with Crippen LogP contribution in [-0.2, 0) is 26.9 Å². The van der Waals surface area contributed by atoms with Crippen LogP contribution < -0.4 is 9.64 Å². The summed E-state index contributed by atoms with van der Waals surface area (Å²) in [7, 11) is 2.68. The second kappa shape index (κ2) is 12.9. The van der Waals surface area contributed by atoms with Crippen LogP contribution in [-0.4, -0.2) is 43.7 Å². The van der Waals surface area contributed by atoms with Crippen molar-refractivity contribution in [2.75, 3.05) is 25.7 Å². The normalized spacial score (nSPS) is 18.1. The van der Waals surface area contributed by atoms with E-state index in [1.165, 1.54) is 37.3 Å². The van der Waals surface area contributed by atoms with Crippen molar-refractivity contribution in [2.45, 2.75) is 58.2 Å². The molecule has 1 amide bonds. The summed E-state index contributed by atoms with van der Waals surface area (Å²) in [6.45, 7) is 4.14. The molecule has 0 N–H and O–H groups in total. The molecule has 11 heteroatoms. The fourth-order valence-electron chi connectivity index (χ4n) is 4.73. The van der Waals surface area contributed by atoms with Gasteiger partial charge in [-0.3, -0.25) is 4.79 Å². The Labute approximate surface area is 225 Å². The molecule has 0 unspecified atom stereocenters. The Balaban J connectivity index is 2.04. The first kappa shape index (κ1) is 29.9. The number of nitriles is 1. The van der Waals surface area contributed by atoms with E-state index in [9.17, 15) is 22.8 Å². The number of amides is 1. The number of anilines is 1. The van der Waals surface area contributed by atoms with Crippen LogP contribution in [0.3, 0.4) is 0 Å². The maximum absolute atomic E-state index is 13.7. The van der Waals surface area contributed by atoms with Crippen molar-refractivity contribution in [2.24, 2.45) is 11.8 Å². The standard InChI is InChI=1S/C28H32F3N3O5/c1-17-5-7-20(8-6-17)26(35)34(18(2)16-37-3)24-10-9-21(14-22(24)27(36)38-4)39-25-23(28(29,30)31)13-19(11-12-32)15-33-25/h9-10,13-15,17-18,20H,5-8,11,16H2,1-4H3/t17?,18-,20?/m0/s1. The maximum Gasteiger partial charge on any atom is 0.421 e. The highest BCUT2D eigenvalue weighted by Crippen LogP contribution is 2.39. The average molecular weight is 548 g/mol. The van der Waals surface area contributed by atoms with Crippen LogP contribution in [0.15, 0.2) is 30.5 Å². The van der Waals surface area contributed by atoms with Gasteiger partial charge in [0, 0.05) is 19.2 Å². The number of alkyl halides is 3. The molecule has 3 rings (SSSR count). The SMILES string of the molecule is COC[C@H](C)N(C(=O)C1CCC(C)CC1)c1ccc(Oc2ncc(CC#N)cc2C(F)(F)F)cc1C(=O)OC. The van der Waals surface area contributed by atoms with E-state index in [1.54, 1.807) is 13.0 Å². The van der Waals surface area contributed by atoms with Crippen molar-refractivity contribution in [3.8, 4) is 17.7 Å². The Morgan fingerprint density at radius 1 is 1.18 bits per heavy atom. The number of benzene rings is 1. The molecule has 1 aromatic heterocycles. The number of esters is 1. The lowest BCUT2D eigenvalue weighted by atomic mass is 9.82. The number of methoxy groups -OCH3 is 2. The van der Waals surface area contributed by atoms with Gasteiger partial charge in [0.25, 0.3) is 0 Å². The number of rotatable bonds is 9. The smallest absolute Gasteiger partial charge is 0.421 e. The summed E-state index contributed by atoms with van der Waals surface area (Å²) in [6.07, 6.45) is -0.642. The molecule has 1 fully saturated rings. The third kappa shape index (κ3) is 7.26. The molecule has 1 aliphatic rings. The zero-order valence-corrected chi connectivity index (χ0v) is 22.4. The molecular formula is C28H32F3N3O5. The molecule has 39 heavy (non-hydrogen) atoms. The van der Waals surface area contributed by atoms with Gasteiger partial charge in [-0.25, -0.2) is 9.78 Å². The molecule has 1 aliphatic carbocycles. The number of carbonyl (C=O) groups is 2. The molecule has 1 atom stereocenters. The third-order valence-corrected chi connectivity index (χ3v) is 6.79. The first-order valence-corrected chi connectivity index (χ1v) is 12.6. The number of ether oxygens (including phenoxy) is 3. The Bertz CT molecular complexity index is 1220. The van der Waals surface area contributed by atoms with E-state index < -0.39 is 29.6 Å². The summed E-state index contributed by atoms with van der Waals surface area (Å²) in [5.74, 6) is -1.48. The predicted molar refractivity (Wildman–Crippen MR) is 136 cm³/mol. The largest absolute Gasteiger partial charge is 0.465 e. The fraction of sp³-hybridized carbons (Fsp3) is 0.500. The lowest BCUT2D eigenvalue weighted by Gasteiger charge is -2.35. The fourth-order valence-corrected chi connectivity index (χ4v) is 4.73. The van der Waals surface area contributed by atoms with Crippen molar-refractivity contribution in [3.05, 3.63) is 47.2 Å². The zero-order valence-electron chi connectivity index (χ0n) is 22.4. The molecule has 8 nitrogen and oxygen atoms in total. The van der Waals surface area contributed by atoms with Crippen LogP contribution in [0.1, 0.15) is 61.0 Å². The Morgan fingerprint density at radius 2 is 1.87 bits per heavy atom. The van der Waals surface area contributed by atoms with Crippen LogP contribution in [0.5, 0.6) is 11.6 Å². The topological polar surface area (TPSA) is 102 Å². The van der Waals surface area contributed by atoms with Crippen molar-refractivity contribution < 1.29 is 37.0 Å². The quantitative estimate of drug-likeness (QED) is 0.358. The summed E-state index contributed by atoms with van der Waals surface area (Å²) in [4.78, 5) is 31.8. The third-order valence-electron chi connectivity index (χ3n) is 6.79. The van der Waals surface area contributed by atoms with Crippen LogP contribution in [0.25, 0.3) is 0 Å². The van der Waals surface area contributed by atoms with Gasteiger partial charge in [0.2, 0.25) is 11.8 Å². The van der Waals surface area contributed by atoms with Gasteiger partial charge in [-0.2, -0.15) is 18.4 Å². The number of hydrogen-bond donors (Lipinski definition) is 0. The lowest BCUT2D eigenvalue weighted by Crippen LogP contribution is -2.46. The highest BCUT2D eigenvalue weighted by molar-refractivity contribution is 6.04. The number of halogens is 3. The van der Waals surface area contributed by atoms with Gasteiger partial charge in [0.15, 0.2) is 0 Å². The van der Waals surface area contributed by atoms with E-state index in [-0.39, 0.29) is 47.4 Å². The van der Waals surface area contributed by atoms with Gasteiger partial charge < -0.3 is 19.1 Å². The molecule has 1 saturated carbocycles. The number of nitrogens with zero attached hydrogens (tertiary/aromatic N) is 3. The Hall–Kier alpha value is -3.65. The summed E-state index contributed by atoms with van der Waals surface area (Å²) in [6, 6.07) is 6.20. The highest BCUT2D eigenvalue weighted by atomic mass is 19.4. The van der Waals surface area contributed by atoms with Crippen LogP contribution in [0, 0.1) is 23.2 Å². The first-order valence-electron chi connectivity index (χ1n) is 12.6. The van der Waals surface area contributed by atoms with Gasteiger partial charge in [-0.15, -0.1) is 0 Å². The second-order valence-electron chi connectivity index (χ2n) is 9.77. The molecule has 0 aliphatic heterocycles. The molecule has 0 bridgehead atoms. The molecule has 0 radical (unpaired) electrons. The van der Waals surface area contributed by atoms with Crippen molar-refractivity contribution in [3.63, 3.8) is 0 Å². The second-order valence-corrected chi connectivity index (χ2v) is 9.77. The minimum Gasteiger partial charge on any atom is -0.465 e. The Kier molecular flexibility index (Phi) is 9.92. The zero-order chi connectivity index (χ0) is 28.7. The van der Waals surface area contributed by atoms with Crippen molar-refractivity contribution >= 4 is 17.6 Å². The van der Waals surface area contributed by atoms with Gasteiger partial charge in [0.1, 0.15) is 11.3 Å².